The van der Waals surface area contributed by atoms with Gasteiger partial charge in [-0.1, -0.05) is 6.92 Å². The molecule has 1 N–H and O–H groups in total. The van der Waals surface area contributed by atoms with Crippen LogP contribution in [0.5, 0.6) is 0 Å². The van der Waals surface area contributed by atoms with Crippen LogP contribution in [-0.4, -0.2) is 23.7 Å². The highest BCUT2D eigenvalue weighted by Gasteiger charge is 2.44. The summed E-state index contributed by atoms with van der Waals surface area (Å²) < 4.78 is 34.4. The van der Waals surface area contributed by atoms with Crippen molar-refractivity contribution in [3.63, 3.8) is 0 Å². The average molecular weight is 401 g/mol. The Labute approximate surface area is 163 Å². The van der Waals surface area contributed by atoms with E-state index in [0.29, 0.717) is 33.8 Å². The lowest BCUT2D eigenvalue weighted by Crippen LogP contribution is -2.18. The van der Waals surface area contributed by atoms with E-state index in [0.717, 1.165) is 18.4 Å². The van der Waals surface area contributed by atoms with Crippen molar-refractivity contribution < 1.29 is 12.8 Å². The maximum Gasteiger partial charge on any atom is 0.253 e. The number of sulfonamides is 1. The maximum atomic E-state index is 12.1. The summed E-state index contributed by atoms with van der Waals surface area (Å²) in [4.78, 5) is 16.7. The smallest absolute Gasteiger partial charge is 0.253 e. The fourth-order valence-corrected chi connectivity index (χ4v) is 3.86. The third kappa shape index (κ3) is 3.22. The monoisotopic (exact) mass is 401 g/mol. The van der Waals surface area contributed by atoms with Crippen molar-refractivity contribution in [1.29, 1.82) is 0 Å². The lowest BCUT2D eigenvalue weighted by molar-refractivity contribution is 0.477. The zero-order chi connectivity index (χ0) is 20.3. The number of aryl methyl sites for hydroxylation is 2. The standard InChI is InChI=1S/C20H23N3O4S/c1-5-28(25,26)22-14-9-15(13-8-12(2)18(24)23(4)11-13)17-16(10-14)21-19(27-17)20(3)6-7-20/h8-11,22H,5-7H2,1-4H3. The van der Waals surface area contributed by atoms with Gasteiger partial charge in [0.05, 0.1) is 11.4 Å². The van der Waals surface area contributed by atoms with E-state index in [1.54, 1.807) is 45.3 Å². The van der Waals surface area contributed by atoms with Gasteiger partial charge in [0.2, 0.25) is 15.9 Å². The van der Waals surface area contributed by atoms with Crippen LogP contribution in [0.1, 0.15) is 38.1 Å². The highest BCUT2D eigenvalue weighted by atomic mass is 32.2. The molecule has 1 aliphatic carbocycles. The number of fused-ring (bicyclic) bond motifs is 1. The second kappa shape index (κ2) is 6.20. The fourth-order valence-electron chi connectivity index (χ4n) is 3.24. The fraction of sp³-hybridized carbons (Fsp3) is 0.400. The van der Waals surface area contributed by atoms with E-state index in [9.17, 15) is 13.2 Å². The van der Waals surface area contributed by atoms with Gasteiger partial charge in [0.25, 0.3) is 5.56 Å². The largest absolute Gasteiger partial charge is 0.439 e. The topological polar surface area (TPSA) is 94.2 Å². The molecule has 8 heteroatoms. The molecule has 2 heterocycles. The number of aromatic nitrogens is 2. The Morgan fingerprint density at radius 1 is 1.29 bits per heavy atom. The minimum Gasteiger partial charge on any atom is -0.439 e. The zero-order valence-electron chi connectivity index (χ0n) is 16.4. The molecule has 1 aromatic carbocycles. The summed E-state index contributed by atoms with van der Waals surface area (Å²) in [7, 11) is -1.74. The first-order chi connectivity index (χ1) is 13.1. The Kier molecular flexibility index (Phi) is 4.15. The normalized spacial score (nSPS) is 15.7. The van der Waals surface area contributed by atoms with Crippen LogP contribution in [0.4, 0.5) is 5.69 Å². The van der Waals surface area contributed by atoms with E-state index in [1.165, 1.54) is 4.57 Å². The third-order valence-electron chi connectivity index (χ3n) is 5.33. The predicted molar refractivity (Wildman–Crippen MR) is 109 cm³/mol. The molecule has 148 valence electrons. The van der Waals surface area contributed by atoms with Gasteiger partial charge in [0, 0.05) is 35.3 Å². The van der Waals surface area contributed by atoms with Gasteiger partial charge in [-0.25, -0.2) is 13.4 Å². The number of hydrogen-bond acceptors (Lipinski definition) is 5. The van der Waals surface area contributed by atoms with Crippen molar-refractivity contribution in [3.05, 3.63) is 46.2 Å². The van der Waals surface area contributed by atoms with Crippen molar-refractivity contribution >= 4 is 26.8 Å². The number of pyridine rings is 1. The van der Waals surface area contributed by atoms with Crippen LogP contribution in [0.15, 0.2) is 33.6 Å². The van der Waals surface area contributed by atoms with E-state index >= 15 is 0 Å². The van der Waals surface area contributed by atoms with Gasteiger partial charge in [-0.05, 0) is 44.9 Å². The second-order valence-electron chi connectivity index (χ2n) is 7.79. The molecule has 0 amide bonds. The third-order valence-corrected chi connectivity index (χ3v) is 6.64. The summed E-state index contributed by atoms with van der Waals surface area (Å²) in [6.45, 7) is 5.44. The first kappa shape index (κ1) is 18.7. The quantitative estimate of drug-likeness (QED) is 0.708. The summed E-state index contributed by atoms with van der Waals surface area (Å²) in [6.07, 6.45) is 3.76. The minimum atomic E-state index is -3.44. The molecule has 0 radical (unpaired) electrons. The van der Waals surface area contributed by atoms with E-state index in [-0.39, 0.29) is 16.7 Å². The van der Waals surface area contributed by atoms with Crippen molar-refractivity contribution in [2.45, 2.75) is 39.0 Å². The molecule has 1 fully saturated rings. The SMILES string of the molecule is CCS(=O)(=O)Nc1cc(-c2cc(C)c(=O)n(C)c2)c2oc(C3(C)CC3)nc2c1. The zero-order valence-corrected chi connectivity index (χ0v) is 17.2. The summed E-state index contributed by atoms with van der Waals surface area (Å²) in [5.74, 6) is 0.641. The van der Waals surface area contributed by atoms with Crippen molar-refractivity contribution in [2.24, 2.45) is 7.05 Å². The molecule has 0 bridgehead atoms. The number of oxazole rings is 1. The number of anilines is 1. The number of benzene rings is 1. The first-order valence-electron chi connectivity index (χ1n) is 9.25. The van der Waals surface area contributed by atoms with Crippen LogP contribution < -0.4 is 10.3 Å². The minimum absolute atomic E-state index is 0.0263. The summed E-state index contributed by atoms with van der Waals surface area (Å²) in [5, 5.41) is 0. The number of nitrogens with zero attached hydrogens (tertiary/aromatic N) is 2. The molecule has 0 atom stereocenters. The second-order valence-corrected chi connectivity index (χ2v) is 9.80. The van der Waals surface area contributed by atoms with Gasteiger partial charge in [-0.2, -0.15) is 0 Å². The Morgan fingerprint density at radius 2 is 2.00 bits per heavy atom. The molecule has 0 saturated heterocycles. The Hall–Kier alpha value is -2.61. The lowest BCUT2D eigenvalue weighted by Gasteiger charge is -2.10. The van der Waals surface area contributed by atoms with Gasteiger partial charge >= 0.3 is 0 Å². The molecule has 4 rings (SSSR count). The predicted octanol–water partition coefficient (Wildman–Crippen LogP) is 3.32. The molecule has 1 saturated carbocycles. The molecule has 2 aromatic heterocycles. The number of nitrogens with one attached hydrogen (secondary N) is 1. The molecule has 7 nitrogen and oxygen atoms in total. The van der Waals surface area contributed by atoms with E-state index in [1.807, 2.05) is 0 Å². The van der Waals surface area contributed by atoms with E-state index in [4.69, 9.17) is 4.42 Å². The van der Waals surface area contributed by atoms with Crippen LogP contribution in [0, 0.1) is 6.92 Å². The van der Waals surface area contributed by atoms with Gasteiger partial charge in [0.1, 0.15) is 5.52 Å². The van der Waals surface area contributed by atoms with Crippen molar-refractivity contribution in [2.75, 3.05) is 10.5 Å². The molecular weight excluding hydrogens is 378 g/mol. The Morgan fingerprint density at radius 3 is 2.61 bits per heavy atom. The van der Waals surface area contributed by atoms with Gasteiger partial charge in [0.15, 0.2) is 5.58 Å². The highest BCUT2D eigenvalue weighted by Crippen LogP contribution is 2.48. The van der Waals surface area contributed by atoms with Crippen LogP contribution >= 0.6 is 0 Å². The van der Waals surface area contributed by atoms with E-state index in [2.05, 4.69) is 16.6 Å². The molecule has 28 heavy (non-hydrogen) atoms. The molecular formula is C20H23N3O4S. The van der Waals surface area contributed by atoms with Crippen LogP contribution in [0.2, 0.25) is 0 Å². The summed E-state index contributed by atoms with van der Waals surface area (Å²) >= 11 is 0. The Balaban J connectivity index is 1.96. The van der Waals surface area contributed by atoms with Gasteiger partial charge in [-0.3, -0.25) is 9.52 Å². The number of rotatable bonds is 5. The molecule has 1 aliphatic rings. The van der Waals surface area contributed by atoms with Crippen LogP contribution in [0.3, 0.4) is 0 Å². The first-order valence-corrected chi connectivity index (χ1v) is 10.9. The highest BCUT2D eigenvalue weighted by molar-refractivity contribution is 7.92. The lowest BCUT2D eigenvalue weighted by atomic mass is 10.0. The Bertz CT molecular complexity index is 1220. The average Bonchev–Trinajstić information content (AvgIpc) is 3.23. The van der Waals surface area contributed by atoms with Crippen molar-refractivity contribution in [3.8, 4) is 11.1 Å². The van der Waals surface area contributed by atoms with Crippen molar-refractivity contribution in [1.82, 2.24) is 9.55 Å². The summed E-state index contributed by atoms with van der Waals surface area (Å²) in [6, 6.07) is 5.22. The summed E-state index contributed by atoms with van der Waals surface area (Å²) in [5.41, 5.74) is 3.56. The molecule has 0 spiro atoms. The van der Waals surface area contributed by atoms with Gasteiger partial charge in [-0.15, -0.1) is 0 Å². The molecule has 0 unspecified atom stereocenters. The van der Waals surface area contributed by atoms with Crippen LogP contribution in [0.25, 0.3) is 22.2 Å². The van der Waals surface area contributed by atoms with Crippen LogP contribution in [-0.2, 0) is 22.5 Å². The van der Waals surface area contributed by atoms with Gasteiger partial charge < -0.3 is 8.98 Å². The number of hydrogen-bond donors (Lipinski definition) is 1. The van der Waals surface area contributed by atoms with E-state index < -0.39 is 10.0 Å². The maximum absolute atomic E-state index is 12.1. The molecule has 0 aliphatic heterocycles. The molecule has 3 aromatic rings.